The summed E-state index contributed by atoms with van der Waals surface area (Å²) in [6.07, 6.45) is -2.46. The van der Waals surface area contributed by atoms with Crippen molar-refractivity contribution in [1.82, 2.24) is 4.98 Å². The number of hydrogen-bond acceptors (Lipinski definition) is 2. The van der Waals surface area contributed by atoms with Gasteiger partial charge in [0, 0.05) is 10.9 Å². The highest BCUT2D eigenvalue weighted by atomic mass is 79.9. The molecule has 0 atom stereocenters. The van der Waals surface area contributed by atoms with E-state index >= 15 is 0 Å². The van der Waals surface area contributed by atoms with E-state index in [9.17, 15) is 18.0 Å². The van der Waals surface area contributed by atoms with Gasteiger partial charge in [0.25, 0.3) is 6.43 Å². The number of carboxylic acid groups (broad SMARTS) is 1. The van der Waals surface area contributed by atoms with E-state index in [1.54, 1.807) is 0 Å². The average Bonchev–Trinajstić information content (AvgIpc) is 2.16. The zero-order valence-electron chi connectivity index (χ0n) is 7.18. The molecule has 0 aromatic carbocycles. The Kier molecular flexibility index (Phi) is 3.67. The number of pyridine rings is 1. The monoisotopic (exact) mass is 283 g/mol. The van der Waals surface area contributed by atoms with Crippen molar-refractivity contribution in [3.8, 4) is 0 Å². The first-order chi connectivity index (χ1) is 6.99. The van der Waals surface area contributed by atoms with E-state index in [0.717, 1.165) is 0 Å². The fourth-order valence-corrected chi connectivity index (χ4v) is 1.63. The number of alkyl halides is 3. The minimum absolute atomic E-state index is 0.164. The van der Waals surface area contributed by atoms with Crippen LogP contribution >= 0.6 is 15.9 Å². The van der Waals surface area contributed by atoms with E-state index in [1.807, 2.05) is 0 Å². The molecular weight excluding hydrogens is 279 g/mol. The van der Waals surface area contributed by atoms with E-state index in [0.29, 0.717) is 6.20 Å². The molecule has 0 radical (unpaired) electrons. The first kappa shape index (κ1) is 12.0. The molecule has 1 aromatic rings. The summed E-state index contributed by atoms with van der Waals surface area (Å²) >= 11 is 2.83. The van der Waals surface area contributed by atoms with Gasteiger partial charge in [-0.1, -0.05) is 15.9 Å². The zero-order chi connectivity index (χ0) is 11.6. The maximum Gasteiger partial charge on any atom is 0.338 e. The van der Waals surface area contributed by atoms with Gasteiger partial charge in [-0.05, 0) is 0 Å². The normalized spacial score (nSPS) is 10.7. The molecule has 1 N–H and O–H groups in total. The van der Waals surface area contributed by atoms with Crippen molar-refractivity contribution in [1.29, 1.82) is 0 Å². The molecular formula is C8H5BrF3NO2. The quantitative estimate of drug-likeness (QED) is 0.868. The Bertz CT molecular complexity index is 398. The van der Waals surface area contributed by atoms with Crippen molar-refractivity contribution in [2.45, 2.75) is 11.8 Å². The van der Waals surface area contributed by atoms with E-state index in [1.165, 1.54) is 0 Å². The SMILES string of the molecule is O=C(O)c1c(C(F)F)ncc(F)c1CBr. The molecule has 0 aliphatic carbocycles. The van der Waals surface area contributed by atoms with Gasteiger partial charge in [-0.15, -0.1) is 0 Å². The van der Waals surface area contributed by atoms with Crippen LogP contribution in [0.15, 0.2) is 6.20 Å². The van der Waals surface area contributed by atoms with Gasteiger partial charge in [-0.25, -0.2) is 18.0 Å². The fourth-order valence-electron chi connectivity index (χ4n) is 1.08. The number of nitrogens with zero attached hydrogens (tertiary/aromatic N) is 1. The summed E-state index contributed by atoms with van der Waals surface area (Å²) in [5.74, 6) is -2.54. The number of carbonyl (C=O) groups is 1. The molecule has 3 nitrogen and oxygen atoms in total. The van der Waals surface area contributed by atoms with Gasteiger partial charge < -0.3 is 5.11 Å². The Hall–Kier alpha value is -1.11. The van der Waals surface area contributed by atoms with Crippen LogP contribution in [0.2, 0.25) is 0 Å². The highest BCUT2D eigenvalue weighted by molar-refractivity contribution is 9.08. The van der Waals surface area contributed by atoms with Crippen LogP contribution in [0.25, 0.3) is 0 Å². The standard InChI is InChI=1S/C8H5BrF3NO2/c9-1-3-4(10)2-13-6(7(11)12)5(3)8(14)15/h2,7H,1H2,(H,14,15). The smallest absolute Gasteiger partial charge is 0.338 e. The summed E-state index contributed by atoms with van der Waals surface area (Å²) in [4.78, 5) is 13.8. The Balaban J connectivity index is 3.49. The summed E-state index contributed by atoms with van der Waals surface area (Å²) in [5, 5.41) is 8.53. The molecule has 0 spiro atoms. The molecule has 1 aromatic heterocycles. The Morgan fingerprint density at radius 2 is 2.20 bits per heavy atom. The Morgan fingerprint density at radius 1 is 1.60 bits per heavy atom. The molecule has 0 saturated carbocycles. The Morgan fingerprint density at radius 3 is 2.60 bits per heavy atom. The van der Waals surface area contributed by atoms with Gasteiger partial charge in [0.2, 0.25) is 0 Å². The molecule has 1 rings (SSSR count). The van der Waals surface area contributed by atoms with E-state index in [2.05, 4.69) is 20.9 Å². The van der Waals surface area contributed by atoms with Crippen molar-refractivity contribution >= 4 is 21.9 Å². The summed E-state index contributed by atoms with van der Waals surface area (Å²) in [6.45, 7) is 0. The highest BCUT2D eigenvalue weighted by Gasteiger charge is 2.25. The zero-order valence-corrected chi connectivity index (χ0v) is 8.76. The number of aromatic nitrogens is 1. The van der Waals surface area contributed by atoms with Crippen molar-refractivity contribution in [2.75, 3.05) is 0 Å². The third-order valence-electron chi connectivity index (χ3n) is 1.72. The summed E-state index contributed by atoms with van der Waals surface area (Å²) in [5.41, 5.74) is -2.02. The van der Waals surface area contributed by atoms with E-state index < -0.39 is 29.5 Å². The average molecular weight is 284 g/mol. The van der Waals surface area contributed by atoms with E-state index in [-0.39, 0.29) is 10.9 Å². The van der Waals surface area contributed by atoms with Crippen molar-refractivity contribution in [3.63, 3.8) is 0 Å². The molecule has 7 heteroatoms. The second kappa shape index (κ2) is 4.61. The number of rotatable bonds is 3. The summed E-state index contributed by atoms with van der Waals surface area (Å²) in [7, 11) is 0. The van der Waals surface area contributed by atoms with Crippen LogP contribution in [-0.2, 0) is 5.33 Å². The predicted octanol–water partition coefficient (Wildman–Crippen LogP) is 2.75. The lowest BCUT2D eigenvalue weighted by atomic mass is 10.1. The second-order valence-corrected chi connectivity index (χ2v) is 3.15. The van der Waals surface area contributed by atoms with E-state index in [4.69, 9.17) is 5.11 Å². The number of carboxylic acids is 1. The third-order valence-corrected chi connectivity index (χ3v) is 2.28. The van der Waals surface area contributed by atoms with Gasteiger partial charge in [0.05, 0.1) is 11.8 Å². The first-order valence-electron chi connectivity index (χ1n) is 3.73. The van der Waals surface area contributed by atoms with Crippen molar-refractivity contribution in [3.05, 3.63) is 28.8 Å². The predicted molar refractivity (Wildman–Crippen MR) is 48.7 cm³/mol. The minimum atomic E-state index is -3.05. The van der Waals surface area contributed by atoms with Crippen LogP contribution in [0.3, 0.4) is 0 Å². The molecule has 0 unspecified atom stereocenters. The van der Waals surface area contributed by atoms with Gasteiger partial charge in [-0.2, -0.15) is 0 Å². The number of halogens is 4. The molecule has 0 saturated heterocycles. The summed E-state index contributed by atoms with van der Waals surface area (Å²) < 4.78 is 37.8. The lowest BCUT2D eigenvalue weighted by molar-refractivity contribution is 0.0680. The highest BCUT2D eigenvalue weighted by Crippen LogP contribution is 2.26. The van der Waals surface area contributed by atoms with Crippen LogP contribution in [0, 0.1) is 5.82 Å². The molecule has 0 aliphatic rings. The fraction of sp³-hybridized carbons (Fsp3) is 0.250. The molecule has 82 valence electrons. The molecule has 0 amide bonds. The number of hydrogen-bond donors (Lipinski definition) is 1. The number of aromatic carboxylic acids is 1. The molecule has 15 heavy (non-hydrogen) atoms. The maximum absolute atomic E-state index is 13.1. The first-order valence-corrected chi connectivity index (χ1v) is 4.85. The van der Waals surface area contributed by atoms with Crippen molar-refractivity contribution < 1.29 is 23.1 Å². The lowest BCUT2D eigenvalue weighted by Crippen LogP contribution is -2.11. The van der Waals surface area contributed by atoms with Gasteiger partial charge >= 0.3 is 5.97 Å². The van der Waals surface area contributed by atoms with Gasteiger partial charge in [0.15, 0.2) is 0 Å². The lowest BCUT2D eigenvalue weighted by Gasteiger charge is -2.08. The topological polar surface area (TPSA) is 50.2 Å². The van der Waals surface area contributed by atoms with Crippen LogP contribution in [-0.4, -0.2) is 16.1 Å². The molecule has 0 aliphatic heterocycles. The second-order valence-electron chi connectivity index (χ2n) is 2.58. The Labute approximate surface area is 91.1 Å². The summed E-state index contributed by atoms with van der Waals surface area (Å²) in [6, 6.07) is 0. The van der Waals surface area contributed by atoms with Gasteiger partial charge in [-0.3, -0.25) is 4.98 Å². The van der Waals surface area contributed by atoms with Crippen molar-refractivity contribution in [2.24, 2.45) is 0 Å². The molecule has 0 bridgehead atoms. The molecule has 0 fully saturated rings. The van der Waals surface area contributed by atoms with Crippen LogP contribution in [0.1, 0.15) is 28.0 Å². The minimum Gasteiger partial charge on any atom is -0.478 e. The van der Waals surface area contributed by atoms with Crippen LogP contribution in [0.5, 0.6) is 0 Å². The largest absolute Gasteiger partial charge is 0.478 e. The van der Waals surface area contributed by atoms with Gasteiger partial charge in [0.1, 0.15) is 11.5 Å². The third kappa shape index (κ3) is 2.28. The molecule has 1 heterocycles. The van der Waals surface area contributed by atoms with Crippen LogP contribution < -0.4 is 0 Å². The maximum atomic E-state index is 13.1. The van der Waals surface area contributed by atoms with Crippen LogP contribution in [0.4, 0.5) is 13.2 Å².